The summed E-state index contributed by atoms with van der Waals surface area (Å²) in [5.41, 5.74) is 1.08. The molecular weight excluding hydrogens is 296 g/mol. The minimum absolute atomic E-state index is 0.00251. The second kappa shape index (κ2) is 6.18. The predicted octanol–water partition coefficient (Wildman–Crippen LogP) is 2.41. The Kier molecular flexibility index (Phi) is 3.92. The smallest absolute Gasteiger partial charge is 0.267 e. The molecule has 0 aliphatic carbocycles. The third-order valence-electron chi connectivity index (χ3n) is 3.19. The summed E-state index contributed by atoms with van der Waals surface area (Å²) in [6, 6.07) is 17.5. The second-order valence-electron chi connectivity index (χ2n) is 4.79. The minimum Gasteiger partial charge on any atom is -0.267 e. The highest BCUT2D eigenvalue weighted by Gasteiger charge is 2.21. The van der Waals surface area contributed by atoms with Crippen LogP contribution in [0.2, 0.25) is 0 Å². The molecule has 114 valence electrons. The maximum Gasteiger partial charge on any atom is 0.280 e. The Labute approximate surface area is 131 Å². The van der Waals surface area contributed by atoms with Crippen molar-refractivity contribution in [3.05, 3.63) is 82.2 Å². The average Bonchev–Trinajstić information content (AvgIpc) is 2.99. The number of rotatable bonds is 4. The molecule has 7 nitrogen and oxygen atoms in total. The number of hydrogen-bond acceptors (Lipinski definition) is 5. The maximum absolute atomic E-state index is 12.5. The third-order valence-corrected chi connectivity index (χ3v) is 3.19. The van der Waals surface area contributed by atoms with Crippen molar-refractivity contribution in [2.75, 3.05) is 0 Å². The molecule has 3 aromatic rings. The second-order valence-corrected chi connectivity index (χ2v) is 4.79. The molecule has 0 fully saturated rings. The summed E-state index contributed by atoms with van der Waals surface area (Å²) in [4.78, 5) is 27.0. The van der Waals surface area contributed by atoms with Gasteiger partial charge in [-0.3, -0.25) is 14.9 Å². The quantitative estimate of drug-likeness (QED) is 0.545. The average molecular weight is 308 g/mol. The van der Waals surface area contributed by atoms with Crippen LogP contribution in [0.3, 0.4) is 0 Å². The normalized spacial score (nSPS) is 10.4. The molecule has 0 aliphatic rings. The van der Waals surface area contributed by atoms with E-state index in [-0.39, 0.29) is 11.6 Å². The summed E-state index contributed by atoms with van der Waals surface area (Å²) in [5, 5.41) is 15.0. The molecule has 23 heavy (non-hydrogen) atoms. The van der Waals surface area contributed by atoms with Crippen LogP contribution < -0.4 is 0 Å². The van der Waals surface area contributed by atoms with E-state index < -0.39 is 17.4 Å². The number of nitro groups is 1. The van der Waals surface area contributed by atoms with Crippen LogP contribution in [-0.2, 0) is 6.54 Å². The van der Waals surface area contributed by atoms with E-state index in [0.717, 1.165) is 4.68 Å². The molecule has 2 aromatic carbocycles. The summed E-state index contributed by atoms with van der Waals surface area (Å²) in [5.74, 6) is -0.161. The van der Waals surface area contributed by atoms with Gasteiger partial charge in [0.2, 0.25) is 5.82 Å². The zero-order chi connectivity index (χ0) is 16.2. The Morgan fingerprint density at radius 3 is 2.26 bits per heavy atom. The van der Waals surface area contributed by atoms with Gasteiger partial charge < -0.3 is 0 Å². The molecule has 7 heteroatoms. The lowest BCUT2D eigenvalue weighted by Gasteiger charge is -2.01. The van der Waals surface area contributed by atoms with E-state index in [4.69, 9.17) is 0 Å². The summed E-state index contributed by atoms with van der Waals surface area (Å²) < 4.78 is 1.00. The van der Waals surface area contributed by atoms with Crippen molar-refractivity contribution in [3.8, 4) is 11.4 Å². The van der Waals surface area contributed by atoms with Gasteiger partial charge in [-0.2, -0.15) is 4.68 Å². The third kappa shape index (κ3) is 3.13. The van der Waals surface area contributed by atoms with Crippen molar-refractivity contribution in [2.24, 2.45) is 0 Å². The van der Waals surface area contributed by atoms with Gasteiger partial charge in [0.1, 0.15) is 0 Å². The molecule has 0 atom stereocenters. The first-order chi connectivity index (χ1) is 11.1. The van der Waals surface area contributed by atoms with Gasteiger partial charge in [-0.1, -0.05) is 48.5 Å². The minimum atomic E-state index is -0.571. The Balaban J connectivity index is 2.06. The monoisotopic (exact) mass is 308 g/mol. The van der Waals surface area contributed by atoms with Gasteiger partial charge in [0.25, 0.3) is 12.5 Å². The lowest BCUT2D eigenvalue weighted by molar-refractivity contribution is -0.498. The lowest BCUT2D eigenvalue weighted by atomic mass is 10.2. The van der Waals surface area contributed by atoms with Crippen molar-refractivity contribution in [3.63, 3.8) is 0 Å². The SMILES string of the molecule is O=C(c1ccccc1)n1nc(-c2ccccc2)nc1C[N+](=O)[O-]. The fraction of sp³-hybridized carbons (Fsp3) is 0.0625. The van der Waals surface area contributed by atoms with E-state index in [0.29, 0.717) is 11.1 Å². The maximum atomic E-state index is 12.5. The summed E-state index contributed by atoms with van der Waals surface area (Å²) >= 11 is 0. The predicted molar refractivity (Wildman–Crippen MR) is 82.3 cm³/mol. The molecule has 0 radical (unpaired) electrons. The molecule has 0 spiro atoms. The zero-order valence-corrected chi connectivity index (χ0v) is 12.0. The van der Waals surface area contributed by atoms with E-state index >= 15 is 0 Å². The van der Waals surface area contributed by atoms with E-state index in [1.54, 1.807) is 42.5 Å². The van der Waals surface area contributed by atoms with Crippen molar-refractivity contribution >= 4 is 5.91 Å². The molecule has 0 unspecified atom stereocenters. The highest BCUT2D eigenvalue weighted by Crippen LogP contribution is 2.16. The van der Waals surface area contributed by atoms with Gasteiger partial charge in [-0.15, -0.1) is 5.10 Å². The first-order valence-electron chi connectivity index (χ1n) is 6.88. The highest BCUT2D eigenvalue weighted by molar-refractivity contribution is 5.95. The fourth-order valence-corrected chi connectivity index (χ4v) is 2.14. The van der Waals surface area contributed by atoms with E-state index in [1.807, 2.05) is 18.2 Å². The van der Waals surface area contributed by atoms with Gasteiger partial charge >= 0.3 is 0 Å². The number of carbonyl (C=O) groups is 1. The molecule has 0 saturated carbocycles. The summed E-state index contributed by atoms with van der Waals surface area (Å²) in [6.07, 6.45) is 0. The Morgan fingerprint density at radius 1 is 1.04 bits per heavy atom. The molecule has 0 amide bonds. The zero-order valence-electron chi connectivity index (χ0n) is 12.0. The lowest BCUT2D eigenvalue weighted by Crippen LogP contribution is -2.18. The fourth-order valence-electron chi connectivity index (χ4n) is 2.14. The van der Waals surface area contributed by atoms with Crippen molar-refractivity contribution in [2.45, 2.75) is 6.54 Å². The molecule has 0 aliphatic heterocycles. The van der Waals surface area contributed by atoms with Gasteiger partial charge in [0, 0.05) is 16.1 Å². The number of aromatic nitrogens is 3. The van der Waals surface area contributed by atoms with E-state index in [9.17, 15) is 14.9 Å². The van der Waals surface area contributed by atoms with Crippen molar-refractivity contribution < 1.29 is 9.72 Å². The largest absolute Gasteiger partial charge is 0.280 e. The summed E-state index contributed by atoms with van der Waals surface area (Å²) in [6.45, 7) is -0.571. The highest BCUT2D eigenvalue weighted by atomic mass is 16.6. The van der Waals surface area contributed by atoms with Crippen LogP contribution in [-0.4, -0.2) is 25.6 Å². The van der Waals surface area contributed by atoms with Crippen molar-refractivity contribution in [1.29, 1.82) is 0 Å². The Bertz CT molecular complexity index is 844. The van der Waals surface area contributed by atoms with E-state index in [1.165, 1.54) is 0 Å². The molecule has 0 bridgehead atoms. The molecule has 3 rings (SSSR count). The summed E-state index contributed by atoms with van der Waals surface area (Å²) in [7, 11) is 0. The number of hydrogen-bond donors (Lipinski definition) is 0. The topological polar surface area (TPSA) is 90.9 Å². The number of benzene rings is 2. The van der Waals surface area contributed by atoms with Crippen LogP contribution in [0.4, 0.5) is 0 Å². The van der Waals surface area contributed by atoms with Crippen LogP contribution >= 0.6 is 0 Å². The van der Waals surface area contributed by atoms with Gasteiger partial charge in [-0.05, 0) is 12.1 Å². The number of carbonyl (C=O) groups excluding carboxylic acids is 1. The van der Waals surface area contributed by atoms with E-state index in [2.05, 4.69) is 10.1 Å². The van der Waals surface area contributed by atoms with Gasteiger partial charge in [0.15, 0.2) is 5.82 Å². The molecule has 1 aromatic heterocycles. The van der Waals surface area contributed by atoms with Gasteiger partial charge in [0.05, 0.1) is 0 Å². The van der Waals surface area contributed by atoms with Crippen LogP contribution in [0.5, 0.6) is 0 Å². The standard InChI is InChI=1S/C16H12N4O3/c21-16(13-9-5-2-6-10-13)20-14(11-19(22)23)17-15(18-20)12-7-3-1-4-8-12/h1-10H,11H2. The Hall–Kier alpha value is -3.35. The molecule has 0 N–H and O–H groups in total. The number of nitrogens with zero attached hydrogens (tertiary/aromatic N) is 4. The van der Waals surface area contributed by atoms with Crippen LogP contribution in [0.1, 0.15) is 16.2 Å². The van der Waals surface area contributed by atoms with Gasteiger partial charge in [-0.25, -0.2) is 4.98 Å². The first-order valence-corrected chi connectivity index (χ1v) is 6.88. The Morgan fingerprint density at radius 2 is 1.65 bits per heavy atom. The van der Waals surface area contributed by atoms with Crippen LogP contribution in [0.25, 0.3) is 11.4 Å². The molecule has 1 heterocycles. The molecular formula is C16H12N4O3. The first kappa shape index (κ1) is 14.6. The van der Waals surface area contributed by atoms with Crippen LogP contribution in [0.15, 0.2) is 60.7 Å². The van der Waals surface area contributed by atoms with Crippen LogP contribution in [0, 0.1) is 10.1 Å². The molecule has 0 saturated heterocycles. The van der Waals surface area contributed by atoms with Crippen molar-refractivity contribution in [1.82, 2.24) is 14.8 Å².